The van der Waals surface area contributed by atoms with Crippen LogP contribution in [0.5, 0.6) is 5.75 Å². The van der Waals surface area contributed by atoms with Crippen molar-refractivity contribution in [3.05, 3.63) is 28.2 Å². The Bertz CT molecular complexity index is 475. The molecule has 1 aromatic carbocycles. The largest absolute Gasteiger partial charge is 0.496 e. The lowest BCUT2D eigenvalue weighted by atomic mass is 10.1. The van der Waals surface area contributed by atoms with Gasteiger partial charge in [-0.15, -0.1) is 0 Å². The summed E-state index contributed by atoms with van der Waals surface area (Å²) in [5.74, 6) is 0.316. The molecule has 0 saturated carbocycles. The Kier molecular flexibility index (Phi) is 5.39. The monoisotopic (exact) mass is 342 g/mol. The van der Waals surface area contributed by atoms with Gasteiger partial charge in [0.05, 0.1) is 17.7 Å². The van der Waals surface area contributed by atoms with Gasteiger partial charge in [0.15, 0.2) is 0 Å². The second-order valence-electron chi connectivity index (χ2n) is 4.77. The third-order valence-corrected chi connectivity index (χ3v) is 3.99. The van der Waals surface area contributed by atoms with E-state index in [1.165, 1.54) is 0 Å². The number of rotatable bonds is 6. The summed E-state index contributed by atoms with van der Waals surface area (Å²) in [6, 6.07) is 4.96. The Morgan fingerprint density at radius 2 is 2.45 bits per heavy atom. The predicted molar refractivity (Wildman–Crippen MR) is 79.6 cm³/mol. The van der Waals surface area contributed by atoms with Gasteiger partial charge in [0.1, 0.15) is 11.8 Å². The molecule has 3 N–H and O–H groups in total. The van der Waals surface area contributed by atoms with Gasteiger partial charge in [-0.05, 0) is 46.5 Å². The number of ether oxygens (including phenoxy) is 2. The molecule has 1 aliphatic rings. The van der Waals surface area contributed by atoms with Crippen LogP contribution in [0.15, 0.2) is 22.7 Å². The molecule has 1 fully saturated rings. The average molecular weight is 343 g/mol. The fourth-order valence-electron chi connectivity index (χ4n) is 2.30. The third-order valence-electron chi connectivity index (χ3n) is 3.37. The molecule has 0 spiro atoms. The summed E-state index contributed by atoms with van der Waals surface area (Å²) < 4.78 is 11.5. The lowest BCUT2D eigenvalue weighted by Crippen LogP contribution is -2.37. The molecule has 20 heavy (non-hydrogen) atoms. The minimum atomic E-state index is -0.526. The number of amides is 1. The number of hydrogen-bond acceptors (Lipinski definition) is 4. The molecule has 0 aliphatic carbocycles. The number of nitrogens with two attached hydrogens (primary N) is 1. The van der Waals surface area contributed by atoms with Crippen molar-refractivity contribution in [1.82, 2.24) is 5.32 Å². The van der Waals surface area contributed by atoms with E-state index in [4.69, 9.17) is 15.2 Å². The van der Waals surface area contributed by atoms with Crippen LogP contribution in [0.4, 0.5) is 0 Å². The van der Waals surface area contributed by atoms with E-state index in [-0.39, 0.29) is 6.10 Å². The molecule has 2 atom stereocenters. The van der Waals surface area contributed by atoms with Gasteiger partial charge in [0.2, 0.25) is 5.91 Å². The first-order chi connectivity index (χ1) is 9.61. The van der Waals surface area contributed by atoms with Crippen molar-refractivity contribution in [2.45, 2.75) is 25.0 Å². The fraction of sp³-hybridized carbons (Fsp3) is 0.500. The summed E-state index contributed by atoms with van der Waals surface area (Å²) in [5.41, 5.74) is 6.29. The van der Waals surface area contributed by atoms with Crippen LogP contribution in [-0.4, -0.2) is 32.3 Å². The quantitative estimate of drug-likeness (QED) is 0.825. The second kappa shape index (κ2) is 7.06. The van der Waals surface area contributed by atoms with E-state index in [0.717, 1.165) is 35.2 Å². The summed E-state index contributed by atoms with van der Waals surface area (Å²) in [5, 5.41) is 3.18. The Balaban J connectivity index is 2.07. The third kappa shape index (κ3) is 3.71. The molecule has 6 heteroatoms. The topological polar surface area (TPSA) is 73.6 Å². The predicted octanol–water partition coefficient (Wildman–Crippen LogP) is 1.75. The highest BCUT2D eigenvalue weighted by Crippen LogP contribution is 2.28. The molecule has 1 heterocycles. The van der Waals surface area contributed by atoms with E-state index >= 15 is 0 Å². The van der Waals surface area contributed by atoms with Gasteiger partial charge in [-0.1, -0.05) is 6.07 Å². The zero-order valence-corrected chi connectivity index (χ0v) is 13.0. The number of hydrogen-bond donors (Lipinski definition) is 2. The number of methoxy groups -OCH3 is 1. The van der Waals surface area contributed by atoms with Gasteiger partial charge in [0, 0.05) is 13.2 Å². The second-order valence-corrected chi connectivity index (χ2v) is 5.63. The van der Waals surface area contributed by atoms with Crippen molar-refractivity contribution >= 4 is 21.8 Å². The van der Waals surface area contributed by atoms with Crippen LogP contribution in [0, 0.1) is 0 Å². The van der Waals surface area contributed by atoms with Crippen LogP contribution in [0.3, 0.4) is 0 Å². The van der Waals surface area contributed by atoms with Gasteiger partial charge < -0.3 is 15.2 Å². The number of nitrogens with one attached hydrogen (secondary N) is 1. The molecule has 0 bridgehead atoms. The molecule has 0 aromatic heterocycles. The van der Waals surface area contributed by atoms with E-state index < -0.39 is 11.9 Å². The average Bonchev–Trinajstić information content (AvgIpc) is 2.92. The molecule has 1 amide bonds. The van der Waals surface area contributed by atoms with E-state index in [9.17, 15) is 4.79 Å². The molecular formula is C14H19BrN2O3. The van der Waals surface area contributed by atoms with E-state index in [1.54, 1.807) is 7.11 Å². The van der Waals surface area contributed by atoms with Crippen molar-refractivity contribution in [2.24, 2.45) is 5.73 Å². The number of carbonyl (C=O) groups is 1. The maximum atomic E-state index is 11.6. The minimum Gasteiger partial charge on any atom is -0.496 e. The summed E-state index contributed by atoms with van der Waals surface area (Å²) in [6.07, 6.45) is 2.26. The maximum Gasteiger partial charge on any atom is 0.239 e. The van der Waals surface area contributed by atoms with Crippen molar-refractivity contribution in [2.75, 3.05) is 20.3 Å². The Hall–Kier alpha value is -1.11. The zero-order valence-electron chi connectivity index (χ0n) is 11.4. The van der Waals surface area contributed by atoms with Gasteiger partial charge in [-0.2, -0.15) is 0 Å². The molecule has 1 aromatic rings. The summed E-state index contributed by atoms with van der Waals surface area (Å²) in [4.78, 5) is 11.6. The van der Waals surface area contributed by atoms with Crippen LogP contribution in [0.2, 0.25) is 0 Å². The summed E-state index contributed by atoms with van der Waals surface area (Å²) >= 11 is 3.41. The number of primary amides is 1. The first-order valence-corrected chi connectivity index (χ1v) is 7.39. The van der Waals surface area contributed by atoms with Crippen LogP contribution >= 0.6 is 15.9 Å². The Morgan fingerprint density at radius 3 is 3.00 bits per heavy atom. The molecule has 2 unspecified atom stereocenters. The smallest absolute Gasteiger partial charge is 0.239 e. The first kappa shape index (κ1) is 15.3. The van der Waals surface area contributed by atoms with Crippen LogP contribution in [-0.2, 0) is 9.53 Å². The molecule has 5 nitrogen and oxygen atoms in total. The van der Waals surface area contributed by atoms with E-state index in [1.807, 2.05) is 18.2 Å². The number of benzene rings is 1. The first-order valence-electron chi connectivity index (χ1n) is 6.59. The van der Waals surface area contributed by atoms with Crippen LogP contribution < -0.4 is 15.8 Å². The zero-order chi connectivity index (χ0) is 14.5. The highest BCUT2D eigenvalue weighted by molar-refractivity contribution is 9.10. The van der Waals surface area contributed by atoms with Crippen molar-refractivity contribution in [3.63, 3.8) is 0 Å². The van der Waals surface area contributed by atoms with Crippen molar-refractivity contribution in [1.29, 1.82) is 0 Å². The fourth-order valence-corrected chi connectivity index (χ4v) is 2.86. The van der Waals surface area contributed by atoms with Crippen molar-refractivity contribution in [3.8, 4) is 5.75 Å². The van der Waals surface area contributed by atoms with Gasteiger partial charge in [0.25, 0.3) is 0 Å². The Labute approximate surface area is 126 Å². The van der Waals surface area contributed by atoms with Crippen molar-refractivity contribution < 1.29 is 14.3 Å². The molecule has 110 valence electrons. The lowest BCUT2D eigenvalue weighted by molar-refractivity contribution is -0.120. The highest BCUT2D eigenvalue weighted by Gasteiger charge is 2.22. The van der Waals surface area contributed by atoms with Crippen LogP contribution in [0.1, 0.15) is 24.4 Å². The molecule has 2 rings (SSSR count). The molecule has 0 radical (unpaired) electrons. The maximum absolute atomic E-state index is 11.6. The molecule has 1 aliphatic heterocycles. The van der Waals surface area contributed by atoms with Gasteiger partial charge in [-0.3, -0.25) is 10.1 Å². The van der Waals surface area contributed by atoms with E-state index in [2.05, 4.69) is 21.2 Å². The lowest BCUT2D eigenvalue weighted by Gasteiger charge is -2.19. The normalized spacial score (nSPS) is 19.8. The number of carbonyl (C=O) groups excluding carboxylic acids is 1. The van der Waals surface area contributed by atoms with Gasteiger partial charge >= 0.3 is 0 Å². The number of halogens is 1. The highest BCUT2D eigenvalue weighted by atomic mass is 79.9. The van der Waals surface area contributed by atoms with Crippen LogP contribution in [0.25, 0.3) is 0 Å². The standard InChI is InChI=1S/C14H19BrN2O3/c1-19-12-5-4-9(7-11(12)15)13(14(16)18)17-8-10-3-2-6-20-10/h4-5,7,10,13,17H,2-3,6,8H2,1H3,(H2,16,18). The Morgan fingerprint density at radius 1 is 1.65 bits per heavy atom. The summed E-state index contributed by atoms with van der Waals surface area (Å²) in [6.45, 7) is 1.42. The van der Waals surface area contributed by atoms with E-state index in [0.29, 0.717) is 6.54 Å². The molecule has 1 saturated heterocycles. The SMILES string of the molecule is COc1ccc(C(NCC2CCCO2)C(N)=O)cc1Br. The summed E-state index contributed by atoms with van der Waals surface area (Å²) in [7, 11) is 1.60. The van der Waals surface area contributed by atoms with Gasteiger partial charge in [-0.25, -0.2) is 0 Å². The minimum absolute atomic E-state index is 0.165. The molecular weight excluding hydrogens is 324 g/mol.